The summed E-state index contributed by atoms with van der Waals surface area (Å²) in [6.45, 7) is 7.93. The summed E-state index contributed by atoms with van der Waals surface area (Å²) < 4.78 is 8.25. The van der Waals surface area contributed by atoms with E-state index in [0.29, 0.717) is 6.61 Å². The van der Waals surface area contributed by atoms with Crippen molar-refractivity contribution in [3.8, 4) is 0 Å². The lowest BCUT2D eigenvalue weighted by Crippen LogP contribution is -2.15. The number of aromatic nitrogens is 1. The van der Waals surface area contributed by atoms with Gasteiger partial charge in [0.05, 0.1) is 18.2 Å². The molecule has 1 heterocycles. The van der Waals surface area contributed by atoms with Gasteiger partial charge in [-0.1, -0.05) is 81.1 Å². The van der Waals surface area contributed by atoms with Crippen molar-refractivity contribution in [1.82, 2.24) is 4.57 Å². The maximum absolute atomic E-state index is 13.3. The number of benzene rings is 2. The predicted octanol–water partition coefficient (Wildman–Crippen LogP) is 6.73. The minimum absolute atomic E-state index is 0.0853. The maximum Gasteiger partial charge on any atom is 0.195 e. The zero-order valence-electron chi connectivity index (χ0n) is 18.0. The molecule has 0 aliphatic rings. The first-order valence-corrected chi connectivity index (χ1v) is 10.9. The number of ether oxygens (including phenoxy) is 1. The summed E-state index contributed by atoms with van der Waals surface area (Å²) in [5.41, 5.74) is 3.65. The molecule has 1 atom stereocenters. The van der Waals surface area contributed by atoms with Gasteiger partial charge in [-0.25, -0.2) is 0 Å². The van der Waals surface area contributed by atoms with Crippen molar-refractivity contribution in [3.63, 3.8) is 0 Å². The number of para-hydroxylation sites is 1. The second kappa shape index (κ2) is 10.4. The smallest absolute Gasteiger partial charge is 0.195 e. The molecule has 0 radical (unpaired) electrons. The predicted molar refractivity (Wildman–Crippen MR) is 121 cm³/mol. The van der Waals surface area contributed by atoms with Gasteiger partial charge >= 0.3 is 0 Å². The van der Waals surface area contributed by atoms with E-state index in [-0.39, 0.29) is 11.8 Å². The van der Waals surface area contributed by atoms with E-state index in [1.165, 1.54) is 25.7 Å². The number of carbonyl (C=O) groups is 1. The lowest BCUT2D eigenvalue weighted by molar-refractivity contribution is 0.102. The van der Waals surface area contributed by atoms with Crippen molar-refractivity contribution in [2.24, 2.45) is 0 Å². The van der Waals surface area contributed by atoms with E-state index in [1.807, 2.05) is 42.5 Å². The first kappa shape index (κ1) is 21.3. The number of rotatable bonds is 11. The minimum Gasteiger partial charge on any atom is -0.379 e. The zero-order valence-corrected chi connectivity index (χ0v) is 18.0. The zero-order chi connectivity index (χ0) is 20.6. The lowest BCUT2D eigenvalue weighted by atomic mass is 10.0. The van der Waals surface area contributed by atoms with Gasteiger partial charge in [-0.15, -0.1) is 0 Å². The summed E-state index contributed by atoms with van der Waals surface area (Å²) in [5, 5.41) is 1.02. The van der Waals surface area contributed by atoms with Crippen LogP contribution in [0, 0.1) is 6.92 Å². The number of hydrogen-bond donors (Lipinski definition) is 0. The van der Waals surface area contributed by atoms with Crippen molar-refractivity contribution in [2.75, 3.05) is 13.2 Å². The average Bonchev–Trinajstić information content (AvgIpc) is 3.05. The number of hydrogen-bond acceptors (Lipinski definition) is 2. The first-order valence-electron chi connectivity index (χ1n) is 10.9. The molecule has 0 spiro atoms. The van der Waals surface area contributed by atoms with Gasteiger partial charge in [-0.05, 0) is 26.3 Å². The highest BCUT2D eigenvalue weighted by Crippen LogP contribution is 2.31. The first-order chi connectivity index (χ1) is 14.1. The van der Waals surface area contributed by atoms with Crippen LogP contribution in [0.15, 0.2) is 54.6 Å². The number of carbonyl (C=O) groups excluding carboxylic acids is 1. The molecule has 3 rings (SSSR count). The van der Waals surface area contributed by atoms with Gasteiger partial charge in [0.1, 0.15) is 0 Å². The Labute approximate surface area is 174 Å². The van der Waals surface area contributed by atoms with Gasteiger partial charge < -0.3 is 9.30 Å². The van der Waals surface area contributed by atoms with Gasteiger partial charge in [0, 0.05) is 28.8 Å². The van der Waals surface area contributed by atoms with Gasteiger partial charge in [0.15, 0.2) is 5.78 Å². The highest BCUT2D eigenvalue weighted by atomic mass is 16.5. The molecule has 1 unspecified atom stereocenters. The fourth-order valence-corrected chi connectivity index (χ4v) is 4.12. The molecule has 0 aliphatic carbocycles. The Kier molecular flexibility index (Phi) is 7.65. The van der Waals surface area contributed by atoms with Crippen LogP contribution in [0.3, 0.4) is 0 Å². The standard InChI is InChI=1S/C26H33NO2/c1-4-5-6-7-13-18-29-19-20(2)27-21(3)25(23-16-11-12-17-24(23)27)26(28)22-14-9-8-10-15-22/h8-12,14-17,20H,4-7,13,18-19H2,1-3H3. The maximum atomic E-state index is 13.3. The number of unbranched alkanes of at least 4 members (excludes halogenated alkanes) is 4. The third-order valence-electron chi connectivity index (χ3n) is 5.61. The average molecular weight is 392 g/mol. The molecule has 3 nitrogen and oxygen atoms in total. The minimum atomic E-state index is 0.0853. The van der Waals surface area contributed by atoms with Crippen LogP contribution < -0.4 is 0 Å². The van der Waals surface area contributed by atoms with E-state index >= 15 is 0 Å². The molecule has 0 N–H and O–H groups in total. The van der Waals surface area contributed by atoms with Gasteiger partial charge in [0.2, 0.25) is 0 Å². The molecule has 2 aromatic carbocycles. The van der Waals surface area contributed by atoms with Crippen LogP contribution in [0.4, 0.5) is 0 Å². The molecular formula is C26H33NO2. The number of fused-ring (bicyclic) bond motifs is 1. The highest BCUT2D eigenvalue weighted by molar-refractivity contribution is 6.17. The summed E-state index contributed by atoms with van der Waals surface area (Å²) >= 11 is 0. The quantitative estimate of drug-likeness (QED) is 0.268. The topological polar surface area (TPSA) is 31.2 Å². The monoisotopic (exact) mass is 391 g/mol. The van der Waals surface area contributed by atoms with Crippen molar-refractivity contribution >= 4 is 16.7 Å². The van der Waals surface area contributed by atoms with Crippen LogP contribution in [0.2, 0.25) is 0 Å². The Morgan fingerprint density at radius 1 is 0.966 bits per heavy atom. The van der Waals surface area contributed by atoms with E-state index in [4.69, 9.17) is 4.74 Å². The summed E-state index contributed by atoms with van der Waals surface area (Å²) in [4.78, 5) is 13.3. The summed E-state index contributed by atoms with van der Waals surface area (Å²) in [6, 6.07) is 17.9. The Balaban J connectivity index is 1.78. The molecule has 0 fully saturated rings. The molecule has 0 saturated heterocycles. The molecular weight excluding hydrogens is 358 g/mol. The summed E-state index contributed by atoms with van der Waals surface area (Å²) in [6.07, 6.45) is 6.23. The Hall–Kier alpha value is -2.39. The van der Waals surface area contributed by atoms with E-state index in [1.54, 1.807) is 0 Å². The molecule has 0 amide bonds. The van der Waals surface area contributed by atoms with Crippen molar-refractivity contribution in [2.45, 2.75) is 58.9 Å². The normalized spacial score (nSPS) is 12.4. The molecule has 0 bridgehead atoms. The Morgan fingerprint density at radius 3 is 2.41 bits per heavy atom. The molecule has 1 aromatic heterocycles. The van der Waals surface area contributed by atoms with Crippen molar-refractivity contribution < 1.29 is 9.53 Å². The third kappa shape index (κ3) is 4.97. The van der Waals surface area contributed by atoms with Crippen LogP contribution in [0.5, 0.6) is 0 Å². The van der Waals surface area contributed by atoms with E-state index < -0.39 is 0 Å². The van der Waals surface area contributed by atoms with Gasteiger partial charge in [-0.3, -0.25) is 4.79 Å². The molecule has 0 saturated carbocycles. The van der Waals surface area contributed by atoms with Crippen LogP contribution in [0.25, 0.3) is 10.9 Å². The fraction of sp³-hybridized carbons (Fsp3) is 0.423. The largest absolute Gasteiger partial charge is 0.379 e. The van der Waals surface area contributed by atoms with Crippen molar-refractivity contribution in [1.29, 1.82) is 0 Å². The second-order valence-electron chi connectivity index (χ2n) is 7.88. The van der Waals surface area contributed by atoms with Crippen LogP contribution in [-0.4, -0.2) is 23.6 Å². The van der Waals surface area contributed by atoms with Gasteiger partial charge in [0.25, 0.3) is 0 Å². The SMILES string of the molecule is CCCCCCCOCC(C)n1c(C)c(C(=O)c2ccccc2)c2ccccc21. The van der Waals surface area contributed by atoms with Crippen LogP contribution >= 0.6 is 0 Å². The molecule has 3 aromatic rings. The molecule has 29 heavy (non-hydrogen) atoms. The van der Waals surface area contributed by atoms with E-state index in [2.05, 4.69) is 37.5 Å². The highest BCUT2D eigenvalue weighted by Gasteiger charge is 2.23. The van der Waals surface area contributed by atoms with E-state index in [9.17, 15) is 4.79 Å². The summed E-state index contributed by atoms with van der Waals surface area (Å²) in [5.74, 6) is 0.0853. The number of ketones is 1. The van der Waals surface area contributed by atoms with Crippen LogP contribution in [0.1, 0.15) is 73.6 Å². The summed E-state index contributed by atoms with van der Waals surface area (Å²) in [7, 11) is 0. The number of nitrogens with zero attached hydrogens (tertiary/aromatic N) is 1. The molecule has 3 heteroatoms. The second-order valence-corrected chi connectivity index (χ2v) is 7.88. The van der Waals surface area contributed by atoms with E-state index in [0.717, 1.165) is 40.8 Å². The van der Waals surface area contributed by atoms with Crippen molar-refractivity contribution in [3.05, 3.63) is 71.4 Å². The molecule has 0 aliphatic heterocycles. The third-order valence-corrected chi connectivity index (χ3v) is 5.61. The lowest BCUT2D eigenvalue weighted by Gasteiger charge is -2.18. The van der Waals surface area contributed by atoms with Crippen LogP contribution in [-0.2, 0) is 4.74 Å². The molecule has 154 valence electrons. The fourth-order valence-electron chi connectivity index (χ4n) is 4.12. The van der Waals surface area contributed by atoms with Gasteiger partial charge in [-0.2, -0.15) is 0 Å². The Morgan fingerprint density at radius 2 is 1.66 bits per heavy atom. The Bertz CT molecular complexity index is 927.